The summed E-state index contributed by atoms with van der Waals surface area (Å²) in [4.78, 5) is 1.63. The van der Waals surface area contributed by atoms with Gasteiger partial charge in [-0.3, -0.25) is 0 Å². The van der Waals surface area contributed by atoms with Gasteiger partial charge in [0, 0.05) is 4.88 Å². The van der Waals surface area contributed by atoms with Crippen molar-refractivity contribution in [2.75, 3.05) is 13.1 Å². The number of hydrogen-bond donors (Lipinski definition) is 1. The predicted octanol–water partition coefficient (Wildman–Crippen LogP) is 3.16. The highest BCUT2D eigenvalue weighted by Gasteiger charge is 2.39. The number of hydrogen-bond acceptors (Lipinski definition) is 2. The molecule has 1 nitrogen and oxygen atoms in total. The van der Waals surface area contributed by atoms with Gasteiger partial charge >= 0.3 is 0 Å². The van der Waals surface area contributed by atoms with E-state index in [1.165, 1.54) is 31.5 Å². The molecule has 2 heteroatoms. The molecule has 1 aromatic rings. The maximum absolute atomic E-state index is 3.51. The Bertz CT molecular complexity index is 292. The van der Waals surface area contributed by atoms with Crippen LogP contribution in [0.2, 0.25) is 0 Å². The van der Waals surface area contributed by atoms with Gasteiger partial charge in [-0.05, 0) is 61.7 Å². The molecule has 0 spiro atoms. The molecule has 0 aromatic carbocycles. The van der Waals surface area contributed by atoms with Gasteiger partial charge < -0.3 is 5.32 Å². The molecular weight excluding hydrogens is 190 g/mol. The molecule has 0 radical (unpaired) electrons. The third kappa shape index (κ3) is 2.18. The summed E-state index contributed by atoms with van der Waals surface area (Å²) >= 11 is 1.94. The molecule has 2 atom stereocenters. The quantitative estimate of drug-likeness (QED) is 0.735. The molecule has 1 heterocycles. The lowest BCUT2D eigenvalue weighted by Gasteiger charge is -2.01. The van der Waals surface area contributed by atoms with E-state index in [0.29, 0.717) is 0 Å². The third-order valence-electron chi connectivity index (χ3n) is 2.99. The Morgan fingerprint density at radius 1 is 1.57 bits per heavy atom. The molecule has 2 unspecified atom stereocenters. The minimum atomic E-state index is 0.874. The molecule has 1 fully saturated rings. The van der Waals surface area contributed by atoms with Crippen LogP contribution in [0.3, 0.4) is 0 Å². The van der Waals surface area contributed by atoms with Gasteiger partial charge in [0.2, 0.25) is 0 Å². The normalized spacial score (nSPS) is 25.3. The average molecular weight is 209 g/mol. The van der Waals surface area contributed by atoms with Crippen molar-refractivity contribution in [3.63, 3.8) is 0 Å². The molecule has 2 rings (SSSR count). The van der Waals surface area contributed by atoms with Crippen LogP contribution in [-0.4, -0.2) is 13.1 Å². The summed E-state index contributed by atoms with van der Waals surface area (Å²) in [5.41, 5.74) is 1.50. The fraction of sp³-hybridized carbons (Fsp3) is 0.667. The largest absolute Gasteiger partial charge is 0.316 e. The van der Waals surface area contributed by atoms with Crippen molar-refractivity contribution in [2.24, 2.45) is 5.92 Å². The van der Waals surface area contributed by atoms with Crippen molar-refractivity contribution in [3.8, 4) is 0 Å². The highest BCUT2D eigenvalue weighted by Crippen LogP contribution is 2.49. The molecule has 1 N–H and O–H groups in total. The fourth-order valence-electron chi connectivity index (χ4n) is 2.02. The van der Waals surface area contributed by atoms with Crippen molar-refractivity contribution in [3.05, 3.63) is 21.9 Å². The second-order valence-corrected chi connectivity index (χ2v) is 5.22. The molecule has 0 saturated heterocycles. The molecule has 1 aliphatic rings. The van der Waals surface area contributed by atoms with Crippen LogP contribution in [0, 0.1) is 12.8 Å². The number of thiophene rings is 1. The minimum Gasteiger partial charge on any atom is -0.316 e. The molecule has 0 bridgehead atoms. The van der Waals surface area contributed by atoms with Crippen LogP contribution in [0.15, 0.2) is 11.4 Å². The smallest absolute Gasteiger partial charge is 0.0109 e. The van der Waals surface area contributed by atoms with E-state index in [9.17, 15) is 0 Å². The van der Waals surface area contributed by atoms with Gasteiger partial charge in [0.15, 0.2) is 0 Å². The SMILES string of the molecule is CCCNCC1CC1c1sccc1C. The van der Waals surface area contributed by atoms with E-state index in [2.05, 4.69) is 30.6 Å². The monoisotopic (exact) mass is 209 g/mol. The Balaban J connectivity index is 1.79. The Hall–Kier alpha value is -0.340. The van der Waals surface area contributed by atoms with Gasteiger partial charge in [-0.15, -0.1) is 11.3 Å². The molecule has 1 saturated carbocycles. The summed E-state index contributed by atoms with van der Waals surface area (Å²) in [6, 6.07) is 2.24. The lowest BCUT2D eigenvalue weighted by Crippen LogP contribution is -2.17. The lowest BCUT2D eigenvalue weighted by atomic mass is 10.2. The summed E-state index contributed by atoms with van der Waals surface area (Å²) in [5.74, 6) is 1.79. The third-order valence-corrected chi connectivity index (χ3v) is 4.15. The van der Waals surface area contributed by atoms with Crippen molar-refractivity contribution >= 4 is 11.3 Å². The summed E-state index contributed by atoms with van der Waals surface area (Å²) in [5, 5.41) is 5.73. The average Bonchev–Trinajstić information content (AvgIpc) is 2.81. The minimum absolute atomic E-state index is 0.874. The Labute approximate surface area is 90.5 Å². The first-order chi connectivity index (χ1) is 6.83. The van der Waals surface area contributed by atoms with E-state index in [4.69, 9.17) is 0 Å². The lowest BCUT2D eigenvalue weighted by molar-refractivity contribution is 0.621. The summed E-state index contributed by atoms with van der Waals surface area (Å²) in [7, 11) is 0. The first kappa shape index (κ1) is 10.2. The predicted molar refractivity (Wildman–Crippen MR) is 63.1 cm³/mol. The van der Waals surface area contributed by atoms with Gasteiger partial charge in [-0.25, -0.2) is 0 Å². The summed E-state index contributed by atoms with van der Waals surface area (Å²) in [6.07, 6.45) is 2.65. The van der Waals surface area contributed by atoms with Gasteiger partial charge in [-0.1, -0.05) is 6.92 Å². The van der Waals surface area contributed by atoms with Crippen LogP contribution < -0.4 is 5.32 Å². The van der Waals surface area contributed by atoms with E-state index in [1.807, 2.05) is 11.3 Å². The second kappa shape index (κ2) is 4.45. The summed E-state index contributed by atoms with van der Waals surface area (Å²) < 4.78 is 0. The molecule has 78 valence electrons. The molecule has 0 aliphatic heterocycles. The van der Waals surface area contributed by atoms with Crippen molar-refractivity contribution < 1.29 is 0 Å². The van der Waals surface area contributed by atoms with Crippen LogP contribution in [-0.2, 0) is 0 Å². The van der Waals surface area contributed by atoms with Gasteiger partial charge in [0.05, 0.1) is 0 Å². The Kier molecular flexibility index (Phi) is 3.24. The zero-order valence-electron chi connectivity index (χ0n) is 9.05. The van der Waals surface area contributed by atoms with Gasteiger partial charge in [0.1, 0.15) is 0 Å². The maximum atomic E-state index is 3.51. The highest BCUT2D eigenvalue weighted by molar-refractivity contribution is 7.10. The molecule has 1 aromatic heterocycles. The molecule has 0 amide bonds. The first-order valence-electron chi connectivity index (χ1n) is 5.57. The van der Waals surface area contributed by atoms with E-state index >= 15 is 0 Å². The standard InChI is InChI=1S/C12H19NS/c1-3-5-13-8-10-7-11(10)12-9(2)4-6-14-12/h4,6,10-11,13H,3,5,7-8H2,1-2H3. The van der Waals surface area contributed by atoms with Crippen LogP contribution in [0.1, 0.15) is 36.1 Å². The van der Waals surface area contributed by atoms with Gasteiger partial charge in [0.25, 0.3) is 0 Å². The van der Waals surface area contributed by atoms with Crippen LogP contribution in [0.5, 0.6) is 0 Å². The zero-order valence-corrected chi connectivity index (χ0v) is 9.86. The zero-order chi connectivity index (χ0) is 9.97. The first-order valence-corrected chi connectivity index (χ1v) is 6.45. The number of rotatable bonds is 5. The molecule has 14 heavy (non-hydrogen) atoms. The van der Waals surface area contributed by atoms with Crippen molar-refractivity contribution in [2.45, 2.75) is 32.6 Å². The molecule has 1 aliphatic carbocycles. The number of nitrogens with one attached hydrogen (secondary N) is 1. The maximum Gasteiger partial charge on any atom is 0.0109 e. The van der Waals surface area contributed by atoms with E-state index in [0.717, 1.165) is 11.8 Å². The van der Waals surface area contributed by atoms with Crippen LogP contribution in [0.4, 0.5) is 0 Å². The van der Waals surface area contributed by atoms with Crippen LogP contribution >= 0.6 is 11.3 Å². The van der Waals surface area contributed by atoms with E-state index in [-0.39, 0.29) is 0 Å². The fourth-order valence-corrected chi connectivity index (χ4v) is 3.16. The Morgan fingerprint density at radius 2 is 2.43 bits per heavy atom. The molecular formula is C12H19NS. The summed E-state index contributed by atoms with van der Waals surface area (Å²) in [6.45, 7) is 6.85. The second-order valence-electron chi connectivity index (χ2n) is 4.27. The van der Waals surface area contributed by atoms with E-state index < -0.39 is 0 Å². The van der Waals surface area contributed by atoms with Crippen molar-refractivity contribution in [1.82, 2.24) is 5.32 Å². The van der Waals surface area contributed by atoms with E-state index in [1.54, 1.807) is 4.88 Å². The van der Waals surface area contributed by atoms with Crippen molar-refractivity contribution in [1.29, 1.82) is 0 Å². The van der Waals surface area contributed by atoms with Gasteiger partial charge in [-0.2, -0.15) is 0 Å². The Morgan fingerprint density at radius 3 is 3.07 bits per heavy atom. The van der Waals surface area contributed by atoms with Crippen LogP contribution in [0.25, 0.3) is 0 Å². The number of aryl methyl sites for hydroxylation is 1. The topological polar surface area (TPSA) is 12.0 Å². The highest BCUT2D eigenvalue weighted by atomic mass is 32.1.